The van der Waals surface area contributed by atoms with Crippen molar-refractivity contribution in [2.45, 2.75) is 51.2 Å². The van der Waals surface area contributed by atoms with Crippen molar-refractivity contribution in [3.8, 4) is 0 Å². The molecule has 0 radical (unpaired) electrons. The summed E-state index contributed by atoms with van der Waals surface area (Å²) in [6.07, 6.45) is 6.36. The van der Waals surface area contributed by atoms with Crippen LogP contribution in [-0.4, -0.2) is 43.1 Å². The van der Waals surface area contributed by atoms with Crippen molar-refractivity contribution in [1.82, 2.24) is 0 Å². The van der Waals surface area contributed by atoms with Gasteiger partial charge in [0.15, 0.2) is 0 Å². The monoisotopic (exact) mass is 262 g/mol. The van der Waals surface area contributed by atoms with Gasteiger partial charge in [0.2, 0.25) is 0 Å². The first-order chi connectivity index (χ1) is 8.26. The molecule has 0 heterocycles. The molecule has 0 bridgehead atoms. The van der Waals surface area contributed by atoms with Crippen LogP contribution in [0.1, 0.15) is 39.0 Å². The first-order valence-electron chi connectivity index (χ1n) is 6.50. The second kappa shape index (κ2) is 8.21. The molecule has 2 unspecified atom stereocenters. The highest BCUT2D eigenvalue weighted by atomic mass is 28.3. The molecule has 17 heavy (non-hydrogen) atoms. The molecule has 2 atom stereocenters. The minimum Gasteiger partial charge on any atom is -0.379 e. The van der Waals surface area contributed by atoms with Crippen molar-refractivity contribution >= 4 is 9.53 Å². The van der Waals surface area contributed by atoms with Crippen LogP contribution in [0, 0.1) is 5.92 Å². The van der Waals surface area contributed by atoms with Gasteiger partial charge >= 0.3 is 9.53 Å². The van der Waals surface area contributed by atoms with Gasteiger partial charge in [-0.05, 0) is 25.2 Å². The lowest BCUT2D eigenvalue weighted by atomic mass is 9.95. The first kappa shape index (κ1) is 15.1. The Hall–Kier alpha value is 0.0569. The van der Waals surface area contributed by atoms with Crippen molar-refractivity contribution in [3.05, 3.63) is 0 Å². The van der Waals surface area contributed by atoms with Crippen LogP contribution in [-0.2, 0) is 18.0 Å². The molecule has 0 spiro atoms. The van der Waals surface area contributed by atoms with Crippen LogP contribution in [0.2, 0.25) is 0 Å². The van der Waals surface area contributed by atoms with Crippen molar-refractivity contribution in [2.24, 2.45) is 5.92 Å². The first-order valence-corrected chi connectivity index (χ1v) is 7.92. The normalized spacial score (nSPS) is 21.0. The van der Waals surface area contributed by atoms with E-state index in [1.54, 1.807) is 21.3 Å². The standard InChI is InChI=1S/C12H26O4Si/c1-5-11(16-17(14-3)15-4)12(13-2)10-8-6-7-9-10/h10-12,17H,5-9H2,1-4H3. The molecule has 0 N–H and O–H groups in total. The molecule has 1 fully saturated rings. The highest BCUT2D eigenvalue weighted by molar-refractivity contribution is 6.36. The van der Waals surface area contributed by atoms with E-state index in [4.69, 9.17) is 18.0 Å². The van der Waals surface area contributed by atoms with E-state index in [0.717, 1.165) is 6.42 Å². The lowest BCUT2D eigenvalue weighted by Crippen LogP contribution is -2.41. The fourth-order valence-electron chi connectivity index (χ4n) is 2.69. The molecule has 0 aromatic heterocycles. The molecule has 5 heteroatoms. The third-order valence-electron chi connectivity index (χ3n) is 3.58. The number of hydrogen-bond donors (Lipinski definition) is 0. The second-order valence-corrected chi connectivity index (χ2v) is 6.38. The number of ether oxygens (including phenoxy) is 1. The minimum atomic E-state index is -1.96. The molecule has 4 nitrogen and oxygen atoms in total. The lowest BCUT2D eigenvalue weighted by Gasteiger charge is -2.31. The highest BCUT2D eigenvalue weighted by Gasteiger charge is 2.33. The summed E-state index contributed by atoms with van der Waals surface area (Å²) in [6, 6.07) is 0. The van der Waals surface area contributed by atoms with Crippen LogP contribution >= 0.6 is 0 Å². The van der Waals surface area contributed by atoms with Crippen LogP contribution < -0.4 is 0 Å². The minimum absolute atomic E-state index is 0.0969. The number of methoxy groups -OCH3 is 1. The van der Waals surface area contributed by atoms with Gasteiger partial charge in [-0.15, -0.1) is 0 Å². The molecule has 0 aromatic carbocycles. The smallest absolute Gasteiger partial charge is 0.379 e. The summed E-state index contributed by atoms with van der Waals surface area (Å²) < 4.78 is 22.1. The molecule has 0 aromatic rings. The molecule has 1 aliphatic carbocycles. The van der Waals surface area contributed by atoms with E-state index in [0.29, 0.717) is 5.92 Å². The van der Waals surface area contributed by atoms with Gasteiger partial charge in [-0.3, -0.25) is 0 Å². The molecule has 102 valence electrons. The zero-order valence-corrected chi connectivity index (χ0v) is 12.6. The lowest BCUT2D eigenvalue weighted by molar-refractivity contribution is -0.0541. The van der Waals surface area contributed by atoms with Crippen LogP contribution in [0.4, 0.5) is 0 Å². The van der Waals surface area contributed by atoms with Crippen LogP contribution in [0.3, 0.4) is 0 Å². The van der Waals surface area contributed by atoms with Gasteiger partial charge in [-0.25, -0.2) is 0 Å². The van der Waals surface area contributed by atoms with Gasteiger partial charge in [0.05, 0.1) is 12.2 Å². The molecular formula is C12H26O4Si. The topological polar surface area (TPSA) is 36.9 Å². The molecule has 1 aliphatic rings. The van der Waals surface area contributed by atoms with Crippen molar-refractivity contribution in [3.63, 3.8) is 0 Å². The van der Waals surface area contributed by atoms with E-state index in [1.165, 1.54) is 25.7 Å². The molecule has 0 aliphatic heterocycles. The summed E-state index contributed by atoms with van der Waals surface area (Å²) >= 11 is 0. The van der Waals surface area contributed by atoms with Crippen molar-refractivity contribution in [2.75, 3.05) is 21.3 Å². The maximum absolute atomic E-state index is 5.93. The van der Waals surface area contributed by atoms with Crippen molar-refractivity contribution in [1.29, 1.82) is 0 Å². The Labute approximate surface area is 107 Å². The van der Waals surface area contributed by atoms with E-state index in [-0.39, 0.29) is 12.2 Å². The third-order valence-corrected chi connectivity index (χ3v) is 4.92. The van der Waals surface area contributed by atoms with Crippen molar-refractivity contribution < 1.29 is 18.0 Å². The molecular weight excluding hydrogens is 236 g/mol. The molecule has 1 rings (SSSR count). The van der Waals surface area contributed by atoms with E-state index in [9.17, 15) is 0 Å². The van der Waals surface area contributed by atoms with Gasteiger partial charge < -0.3 is 18.0 Å². The van der Waals surface area contributed by atoms with Crippen LogP contribution in [0.5, 0.6) is 0 Å². The Bertz CT molecular complexity index is 193. The average Bonchev–Trinajstić information content (AvgIpc) is 2.88. The Kier molecular flexibility index (Phi) is 7.30. The predicted molar refractivity (Wildman–Crippen MR) is 69.1 cm³/mol. The Morgan fingerprint density at radius 3 is 2.12 bits per heavy atom. The van der Waals surface area contributed by atoms with Crippen LogP contribution in [0.15, 0.2) is 0 Å². The second-order valence-electron chi connectivity index (χ2n) is 4.59. The maximum atomic E-state index is 5.93. The highest BCUT2D eigenvalue weighted by Crippen LogP contribution is 2.32. The zero-order chi connectivity index (χ0) is 12.7. The fraction of sp³-hybridized carbons (Fsp3) is 1.00. The van der Waals surface area contributed by atoms with Crippen LogP contribution in [0.25, 0.3) is 0 Å². The van der Waals surface area contributed by atoms with E-state index in [1.807, 2.05) is 0 Å². The Balaban J connectivity index is 2.55. The average molecular weight is 262 g/mol. The molecule has 0 saturated heterocycles. The zero-order valence-electron chi connectivity index (χ0n) is 11.5. The van der Waals surface area contributed by atoms with E-state index in [2.05, 4.69) is 6.92 Å². The molecule has 1 saturated carbocycles. The largest absolute Gasteiger partial charge is 0.484 e. The summed E-state index contributed by atoms with van der Waals surface area (Å²) in [6.45, 7) is 2.13. The number of hydrogen-bond acceptors (Lipinski definition) is 4. The Morgan fingerprint density at radius 2 is 1.71 bits per heavy atom. The SMILES string of the molecule is CCC(O[SiH](OC)OC)C(OC)C1CCCC1. The summed E-state index contributed by atoms with van der Waals surface area (Å²) in [5.74, 6) is 0.633. The third kappa shape index (κ3) is 4.33. The van der Waals surface area contributed by atoms with Gasteiger partial charge in [0.25, 0.3) is 0 Å². The van der Waals surface area contributed by atoms with Gasteiger partial charge in [-0.1, -0.05) is 19.8 Å². The summed E-state index contributed by atoms with van der Waals surface area (Å²) in [5, 5.41) is 0. The predicted octanol–water partition coefficient (Wildman–Crippen LogP) is 2.00. The summed E-state index contributed by atoms with van der Waals surface area (Å²) in [4.78, 5) is 0. The van der Waals surface area contributed by atoms with E-state index >= 15 is 0 Å². The summed E-state index contributed by atoms with van der Waals surface area (Å²) in [5.41, 5.74) is 0. The van der Waals surface area contributed by atoms with Gasteiger partial charge in [0, 0.05) is 21.3 Å². The fourth-order valence-corrected chi connectivity index (χ4v) is 3.74. The van der Waals surface area contributed by atoms with Gasteiger partial charge in [0.1, 0.15) is 0 Å². The maximum Gasteiger partial charge on any atom is 0.484 e. The van der Waals surface area contributed by atoms with E-state index < -0.39 is 9.53 Å². The van der Waals surface area contributed by atoms with Gasteiger partial charge in [-0.2, -0.15) is 0 Å². The number of rotatable bonds is 8. The summed E-state index contributed by atoms with van der Waals surface area (Å²) in [7, 11) is 3.11. The quantitative estimate of drug-likeness (QED) is 0.627. The Morgan fingerprint density at radius 1 is 1.12 bits per heavy atom. The molecule has 0 amide bonds.